The Morgan fingerprint density at radius 2 is 1.34 bits per heavy atom. The minimum absolute atomic E-state index is 0.114. The average molecular weight is 417 g/mol. The predicted octanol–water partition coefficient (Wildman–Crippen LogP) is 8.34. The normalized spacial score (nSPS) is 28.5. The number of alkyl halides is 3. The van der Waals surface area contributed by atoms with Gasteiger partial charge in [-0.3, -0.25) is 0 Å². The molecule has 0 N–H and O–H groups in total. The third-order valence-corrected chi connectivity index (χ3v) is 7.32. The van der Waals surface area contributed by atoms with Gasteiger partial charge in [0.2, 0.25) is 0 Å². The Morgan fingerprint density at radius 3 is 1.83 bits per heavy atom. The molecule has 1 aromatic carbocycles. The second-order valence-corrected chi connectivity index (χ2v) is 9.26. The molecule has 3 rings (SSSR count). The highest BCUT2D eigenvalue weighted by atomic mass is 19.4. The molecule has 0 unspecified atom stereocenters. The van der Waals surface area contributed by atoms with Gasteiger partial charge in [-0.25, -0.2) is 8.78 Å². The predicted molar refractivity (Wildman–Crippen MR) is 106 cm³/mol. The van der Waals surface area contributed by atoms with Gasteiger partial charge in [-0.15, -0.1) is 0 Å². The quantitative estimate of drug-likeness (QED) is 0.409. The molecule has 2 aliphatic carbocycles. The van der Waals surface area contributed by atoms with E-state index in [1.165, 1.54) is 50.7 Å². The minimum Gasteiger partial charge on any atom is -0.207 e. The first-order chi connectivity index (χ1) is 13.8. The average Bonchev–Trinajstić information content (AvgIpc) is 2.67. The van der Waals surface area contributed by atoms with Crippen molar-refractivity contribution in [3.63, 3.8) is 0 Å². The van der Waals surface area contributed by atoms with Crippen molar-refractivity contribution in [3.05, 3.63) is 34.9 Å². The van der Waals surface area contributed by atoms with Crippen LogP contribution in [0.1, 0.15) is 94.6 Å². The summed E-state index contributed by atoms with van der Waals surface area (Å²) in [4.78, 5) is 0. The second kappa shape index (κ2) is 9.78. The lowest BCUT2D eigenvalue weighted by molar-refractivity contribution is -0.134. The maximum atomic E-state index is 14.3. The molecule has 0 spiro atoms. The fraction of sp³-hybridized carbons (Fsp3) is 0.750. The van der Waals surface area contributed by atoms with Crippen molar-refractivity contribution in [3.8, 4) is 0 Å². The van der Waals surface area contributed by atoms with Crippen LogP contribution in [0, 0.1) is 29.4 Å². The largest absolute Gasteiger partial charge is 0.389 e. The summed E-state index contributed by atoms with van der Waals surface area (Å²) in [6.07, 6.45) is 5.68. The molecule has 0 saturated heterocycles. The molecule has 0 amide bonds. The number of benzene rings is 1. The number of hydrogen-bond acceptors (Lipinski definition) is 0. The van der Waals surface area contributed by atoms with Crippen molar-refractivity contribution in [2.24, 2.45) is 17.8 Å². The van der Waals surface area contributed by atoms with Gasteiger partial charge in [0, 0.05) is 12.0 Å². The molecule has 0 radical (unpaired) electrons. The smallest absolute Gasteiger partial charge is 0.207 e. The molecule has 29 heavy (non-hydrogen) atoms. The van der Waals surface area contributed by atoms with Gasteiger partial charge >= 0.3 is 6.18 Å². The van der Waals surface area contributed by atoms with Crippen LogP contribution in [0.2, 0.25) is 0 Å². The second-order valence-electron chi connectivity index (χ2n) is 9.26. The summed E-state index contributed by atoms with van der Waals surface area (Å²) in [5.41, 5.74) is 0.171. The molecule has 0 nitrogen and oxygen atoms in total. The molecule has 2 saturated carbocycles. The highest BCUT2D eigenvalue weighted by molar-refractivity contribution is 5.29. The van der Waals surface area contributed by atoms with Crippen LogP contribution in [-0.2, 0) is 6.42 Å². The summed E-state index contributed by atoms with van der Waals surface area (Å²) >= 11 is 0. The number of halogens is 5. The Kier molecular flexibility index (Phi) is 7.61. The molecule has 164 valence electrons. The van der Waals surface area contributed by atoms with E-state index in [4.69, 9.17) is 0 Å². The van der Waals surface area contributed by atoms with Crippen molar-refractivity contribution < 1.29 is 22.0 Å². The van der Waals surface area contributed by atoms with Crippen molar-refractivity contribution in [1.29, 1.82) is 0 Å². The topological polar surface area (TPSA) is 0 Å². The molecular formula is C24H33F5. The van der Waals surface area contributed by atoms with Gasteiger partial charge in [-0.1, -0.05) is 32.6 Å². The van der Waals surface area contributed by atoms with Crippen LogP contribution < -0.4 is 0 Å². The van der Waals surface area contributed by atoms with Crippen LogP contribution in [0.25, 0.3) is 0 Å². The van der Waals surface area contributed by atoms with E-state index in [0.717, 1.165) is 43.4 Å². The maximum absolute atomic E-state index is 14.3. The molecule has 5 heteroatoms. The first kappa shape index (κ1) is 22.6. The lowest BCUT2D eigenvalue weighted by Gasteiger charge is -2.38. The number of rotatable bonds is 6. The molecular weight excluding hydrogens is 383 g/mol. The van der Waals surface area contributed by atoms with E-state index in [1.54, 1.807) is 0 Å². The van der Waals surface area contributed by atoms with Crippen molar-refractivity contribution in [2.75, 3.05) is 0 Å². The van der Waals surface area contributed by atoms with Gasteiger partial charge in [-0.2, -0.15) is 13.2 Å². The van der Waals surface area contributed by atoms with Crippen LogP contribution in [-0.4, -0.2) is 6.18 Å². The van der Waals surface area contributed by atoms with Gasteiger partial charge in [0.15, 0.2) is 0 Å². The van der Waals surface area contributed by atoms with E-state index in [2.05, 4.69) is 6.92 Å². The fourth-order valence-electron chi connectivity index (χ4n) is 5.64. The molecule has 1 aromatic rings. The Labute approximate surface area is 171 Å². The Hall–Kier alpha value is -1.13. The van der Waals surface area contributed by atoms with E-state index in [-0.39, 0.29) is 5.92 Å². The zero-order valence-electron chi connectivity index (χ0n) is 17.3. The summed E-state index contributed by atoms with van der Waals surface area (Å²) < 4.78 is 65.7. The molecule has 2 aliphatic rings. The molecule has 0 aromatic heterocycles. The Balaban J connectivity index is 1.54. The van der Waals surface area contributed by atoms with E-state index >= 15 is 0 Å². The van der Waals surface area contributed by atoms with Gasteiger partial charge in [0.25, 0.3) is 0 Å². The van der Waals surface area contributed by atoms with Crippen LogP contribution in [0.15, 0.2) is 12.1 Å². The zero-order valence-corrected chi connectivity index (χ0v) is 17.3. The molecule has 2 fully saturated rings. The zero-order chi connectivity index (χ0) is 21.0. The van der Waals surface area contributed by atoms with E-state index < -0.39 is 36.2 Å². The van der Waals surface area contributed by atoms with Crippen LogP contribution >= 0.6 is 0 Å². The summed E-state index contributed by atoms with van der Waals surface area (Å²) in [5.74, 6) is 0.857. The lowest BCUT2D eigenvalue weighted by atomic mass is 9.68. The van der Waals surface area contributed by atoms with Crippen LogP contribution in [0.4, 0.5) is 22.0 Å². The molecule has 0 aliphatic heterocycles. The lowest BCUT2D eigenvalue weighted by Crippen LogP contribution is -2.25. The first-order valence-electron chi connectivity index (χ1n) is 11.3. The first-order valence-corrected chi connectivity index (χ1v) is 11.3. The summed E-state index contributed by atoms with van der Waals surface area (Å²) in [6.45, 7) is 2.25. The third kappa shape index (κ3) is 6.18. The fourth-order valence-corrected chi connectivity index (χ4v) is 5.64. The van der Waals surface area contributed by atoms with Crippen molar-refractivity contribution in [2.45, 2.75) is 96.1 Å². The SMILES string of the molecule is CCCC1CCC(C2CCC(c3cc(F)c(CCC(F)(F)F)c(F)c3)CC2)CC1. The number of hydrogen-bond donors (Lipinski definition) is 0. The maximum Gasteiger partial charge on any atom is 0.389 e. The van der Waals surface area contributed by atoms with Crippen LogP contribution in [0.3, 0.4) is 0 Å². The Morgan fingerprint density at radius 1 is 0.828 bits per heavy atom. The molecule has 0 bridgehead atoms. The van der Waals surface area contributed by atoms with Crippen molar-refractivity contribution >= 4 is 0 Å². The summed E-state index contributed by atoms with van der Waals surface area (Å²) in [5, 5.41) is 0. The molecule has 0 heterocycles. The summed E-state index contributed by atoms with van der Waals surface area (Å²) in [6, 6.07) is 2.55. The summed E-state index contributed by atoms with van der Waals surface area (Å²) in [7, 11) is 0. The van der Waals surface area contributed by atoms with Gasteiger partial charge in [-0.05, 0) is 86.3 Å². The van der Waals surface area contributed by atoms with Crippen molar-refractivity contribution in [1.82, 2.24) is 0 Å². The Bertz CT molecular complexity index is 627. The van der Waals surface area contributed by atoms with E-state index in [9.17, 15) is 22.0 Å². The third-order valence-electron chi connectivity index (χ3n) is 7.32. The molecule has 0 atom stereocenters. The minimum atomic E-state index is -4.41. The van der Waals surface area contributed by atoms with Gasteiger partial charge in [0.05, 0.1) is 0 Å². The van der Waals surface area contributed by atoms with E-state index in [1.807, 2.05) is 0 Å². The van der Waals surface area contributed by atoms with Crippen LogP contribution in [0.5, 0.6) is 0 Å². The van der Waals surface area contributed by atoms with E-state index in [0.29, 0.717) is 5.56 Å². The highest BCUT2D eigenvalue weighted by Crippen LogP contribution is 2.44. The standard InChI is InChI=1S/C24H33F5/c1-2-3-16-4-6-17(7-5-16)18-8-10-19(11-9-18)20-14-22(25)21(23(26)15-20)12-13-24(27,28)29/h14-19H,2-13H2,1H3. The highest BCUT2D eigenvalue weighted by Gasteiger charge is 2.32. The monoisotopic (exact) mass is 416 g/mol. The van der Waals surface area contributed by atoms with Gasteiger partial charge in [0.1, 0.15) is 11.6 Å². The van der Waals surface area contributed by atoms with Gasteiger partial charge < -0.3 is 0 Å².